The topological polar surface area (TPSA) is 34.1 Å². The van der Waals surface area contributed by atoms with Crippen molar-refractivity contribution in [2.24, 2.45) is 23.2 Å². The Morgan fingerprint density at radius 1 is 0.875 bits per heavy atom. The molecule has 124 valence electrons. The van der Waals surface area contributed by atoms with Crippen LogP contribution in [0.3, 0.4) is 0 Å². The van der Waals surface area contributed by atoms with Crippen molar-refractivity contribution in [2.45, 2.75) is 38.5 Å². The standard InChI is InChI=1S/C20H18Cl2O2/c21-18(23)16-6-12(7-17(8-16)19(22)24)1-2-20-9-13-3-14(10-20)5-15(4-13)11-20/h6-8,13-15H,3-5,9-11H2. The Morgan fingerprint density at radius 3 is 1.75 bits per heavy atom. The molecule has 0 N–H and O–H groups in total. The van der Waals surface area contributed by atoms with Gasteiger partial charge in [0.2, 0.25) is 0 Å². The van der Waals surface area contributed by atoms with Crippen LogP contribution in [0.4, 0.5) is 0 Å². The monoisotopic (exact) mass is 360 g/mol. The summed E-state index contributed by atoms with van der Waals surface area (Å²) in [5.41, 5.74) is 1.29. The molecule has 4 fully saturated rings. The summed E-state index contributed by atoms with van der Waals surface area (Å²) in [6.45, 7) is 0. The first-order valence-corrected chi connectivity index (χ1v) is 9.26. The smallest absolute Gasteiger partial charge is 0.252 e. The molecule has 0 saturated heterocycles. The lowest BCUT2D eigenvalue weighted by Crippen LogP contribution is -2.45. The van der Waals surface area contributed by atoms with Crippen molar-refractivity contribution in [1.29, 1.82) is 0 Å². The molecule has 4 saturated carbocycles. The lowest BCUT2D eigenvalue weighted by atomic mass is 9.50. The zero-order valence-electron chi connectivity index (χ0n) is 13.3. The molecule has 0 aromatic heterocycles. The Labute approximate surface area is 151 Å². The maximum atomic E-state index is 11.5. The molecular weight excluding hydrogens is 343 g/mol. The van der Waals surface area contributed by atoms with Crippen molar-refractivity contribution >= 4 is 33.7 Å². The van der Waals surface area contributed by atoms with E-state index in [1.54, 1.807) is 12.1 Å². The summed E-state index contributed by atoms with van der Waals surface area (Å²) >= 11 is 11.1. The minimum Gasteiger partial charge on any atom is -0.276 e. The van der Waals surface area contributed by atoms with Gasteiger partial charge in [0.1, 0.15) is 0 Å². The Hall–Kier alpha value is -1.30. The molecule has 1 aromatic rings. The number of halogens is 2. The molecule has 4 aliphatic carbocycles. The van der Waals surface area contributed by atoms with E-state index in [0.717, 1.165) is 17.8 Å². The molecule has 4 aliphatic rings. The van der Waals surface area contributed by atoms with E-state index in [4.69, 9.17) is 23.2 Å². The summed E-state index contributed by atoms with van der Waals surface area (Å²) in [5, 5.41) is -1.21. The molecule has 5 rings (SSSR count). The van der Waals surface area contributed by atoms with E-state index in [2.05, 4.69) is 11.8 Å². The van der Waals surface area contributed by atoms with Crippen LogP contribution in [-0.2, 0) is 0 Å². The van der Waals surface area contributed by atoms with E-state index < -0.39 is 10.5 Å². The molecule has 24 heavy (non-hydrogen) atoms. The van der Waals surface area contributed by atoms with Crippen molar-refractivity contribution in [1.82, 2.24) is 0 Å². The molecule has 4 heteroatoms. The largest absolute Gasteiger partial charge is 0.276 e. The average Bonchev–Trinajstić information content (AvgIpc) is 2.51. The van der Waals surface area contributed by atoms with Crippen LogP contribution >= 0.6 is 23.2 Å². The molecule has 0 radical (unpaired) electrons. The minimum atomic E-state index is -0.604. The van der Waals surface area contributed by atoms with Crippen LogP contribution in [-0.4, -0.2) is 10.5 Å². The van der Waals surface area contributed by atoms with Gasteiger partial charge < -0.3 is 0 Å². The third kappa shape index (κ3) is 3.01. The van der Waals surface area contributed by atoms with E-state index in [1.807, 2.05) is 0 Å². The number of benzene rings is 1. The molecule has 0 aliphatic heterocycles. The first-order chi connectivity index (χ1) is 11.4. The zero-order chi connectivity index (χ0) is 16.9. The van der Waals surface area contributed by atoms with Crippen molar-refractivity contribution < 1.29 is 9.59 Å². The fourth-order valence-corrected chi connectivity index (χ4v) is 5.61. The Kier molecular flexibility index (Phi) is 3.98. The fraction of sp³-hybridized carbons (Fsp3) is 0.500. The van der Waals surface area contributed by atoms with Crippen LogP contribution in [0, 0.1) is 35.0 Å². The predicted octanol–water partition coefficient (Wildman–Crippen LogP) is 5.01. The summed E-state index contributed by atoms with van der Waals surface area (Å²) in [6.07, 6.45) is 7.72. The van der Waals surface area contributed by atoms with Crippen molar-refractivity contribution in [3.05, 3.63) is 34.9 Å². The summed E-state index contributed by atoms with van der Waals surface area (Å²) in [7, 11) is 0. The summed E-state index contributed by atoms with van der Waals surface area (Å²) in [5.74, 6) is 9.24. The highest BCUT2D eigenvalue weighted by atomic mass is 35.5. The predicted molar refractivity (Wildman–Crippen MR) is 94.3 cm³/mol. The summed E-state index contributed by atoms with van der Waals surface area (Å²) in [6, 6.07) is 4.71. The zero-order valence-corrected chi connectivity index (χ0v) is 14.8. The minimum absolute atomic E-state index is 0.126. The van der Waals surface area contributed by atoms with E-state index in [0.29, 0.717) is 5.56 Å². The maximum absolute atomic E-state index is 11.5. The molecular formula is C20H18Cl2O2. The fourth-order valence-electron chi connectivity index (χ4n) is 5.40. The van der Waals surface area contributed by atoms with Gasteiger partial charge in [0.05, 0.1) is 0 Å². The lowest BCUT2D eigenvalue weighted by molar-refractivity contribution is -0.0181. The highest BCUT2D eigenvalue weighted by Gasteiger charge is 2.50. The van der Waals surface area contributed by atoms with E-state index in [-0.39, 0.29) is 16.5 Å². The van der Waals surface area contributed by atoms with Crippen LogP contribution in [0.15, 0.2) is 18.2 Å². The molecule has 1 aromatic carbocycles. The molecule has 0 amide bonds. The Morgan fingerprint density at radius 2 is 1.33 bits per heavy atom. The number of carbonyl (C=O) groups excluding carboxylic acids is 2. The Bertz CT molecular complexity index is 717. The summed E-state index contributed by atoms with van der Waals surface area (Å²) < 4.78 is 0. The van der Waals surface area contributed by atoms with Crippen molar-refractivity contribution in [3.8, 4) is 11.8 Å². The quantitative estimate of drug-likeness (QED) is 0.548. The lowest BCUT2D eigenvalue weighted by Gasteiger charge is -2.54. The van der Waals surface area contributed by atoms with Gasteiger partial charge in [-0.25, -0.2) is 0 Å². The second-order valence-corrected chi connectivity index (χ2v) is 8.48. The van der Waals surface area contributed by atoms with E-state index in [1.165, 1.54) is 44.6 Å². The second-order valence-electron chi connectivity index (χ2n) is 7.79. The van der Waals surface area contributed by atoms with Gasteiger partial charge in [-0.2, -0.15) is 0 Å². The molecule has 0 spiro atoms. The molecule has 4 bridgehead atoms. The van der Waals surface area contributed by atoms with Crippen LogP contribution in [0.1, 0.15) is 64.8 Å². The van der Waals surface area contributed by atoms with E-state index >= 15 is 0 Å². The molecule has 0 unspecified atom stereocenters. The average molecular weight is 361 g/mol. The second kappa shape index (κ2) is 5.90. The van der Waals surface area contributed by atoms with Gasteiger partial charge in [-0.1, -0.05) is 11.8 Å². The molecule has 0 heterocycles. The van der Waals surface area contributed by atoms with E-state index in [9.17, 15) is 9.59 Å². The molecule has 0 atom stereocenters. The SMILES string of the molecule is O=C(Cl)c1cc(C#CC23CC4CC(CC(C4)C2)C3)cc(C(=O)Cl)c1. The maximum Gasteiger partial charge on any atom is 0.252 e. The first kappa shape index (κ1) is 16.2. The highest BCUT2D eigenvalue weighted by molar-refractivity contribution is 6.69. The van der Waals surface area contributed by atoms with Crippen LogP contribution in [0.25, 0.3) is 0 Å². The normalized spacial score (nSPS) is 33.0. The number of rotatable bonds is 2. The van der Waals surface area contributed by atoms with Crippen LogP contribution < -0.4 is 0 Å². The van der Waals surface area contributed by atoms with Crippen molar-refractivity contribution in [3.63, 3.8) is 0 Å². The third-order valence-corrected chi connectivity index (χ3v) is 6.33. The highest BCUT2D eigenvalue weighted by Crippen LogP contribution is 2.59. The van der Waals surface area contributed by atoms with Gasteiger partial charge in [-0.05, 0) is 97.7 Å². The molecule has 2 nitrogen and oxygen atoms in total. The van der Waals surface area contributed by atoms with Gasteiger partial charge in [0.15, 0.2) is 0 Å². The van der Waals surface area contributed by atoms with Gasteiger partial charge >= 0.3 is 0 Å². The van der Waals surface area contributed by atoms with Gasteiger partial charge in [0.25, 0.3) is 10.5 Å². The third-order valence-electron chi connectivity index (χ3n) is 5.90. The van der Waals surface area contributed by atoms with Crippen LogP contribution in [0.5, 0.6) is 0 Å². The van der Waals surface area contributed by atoms with Crippen LogP contribution in [0.2, 0.25) is 0 Å². The van der Waals surface area contributed by atoms with Gasteiger partial charge in [-0.3, -0.25) is 9.59 Å². The number of carbonyl (C=O) groups is 2. The summed E-state index contributed by atoms with van der Waals surface area (Å²) in [4.78, 5) is 22.9. The first-order valence-electron chi connectivity index (χ1n) is 8.50. The number of hydrogen-bond acceptors (Lipinski definition) is 2. The van der Waals surface area contributed by atoms with Crippen molar-refractivity contribution in [2.75, 3.05) is 0 Å². The van der Waals surface area contributed by atoms with Gasteiger partial charge in [0, 0.05) is 22.1 Å². The number of hydrogen-bond donors (Lipinski definition) is 0. The Balaban J connectivity index is 1.68. The van der Waals surface area contributed by atoms with Gasteiger partial charge in [-0.15, -0.1) is 0 Å².